The van der Waals surface area contributed by atoms with Crippen LogP contribution in [-0.4, -0.2) is 35.0 Å². The highest BCUT2D eigenvalue weighted by Crippen LogP contribution is 2.14. The topological polar surface area (TPSA) is 53.1 Å². The van der Waals surface area contributed by atoms with Crippen LogP contribution in [0, 0.1) is 0 Å². The summed E-state index contributed by atoms with van der Waals surface area (Å²) in [5.41, 5.74) is 6.73. The summed E-state index contributed by atoms with van der Waals surface area (Å²) in [4.78, 5) is 4.20. The second kappa shape index (κ2) is 7.49. The maximum absolute atomic E-state index is 11.8. The first kappa shape index (κ1) is 16.0. The molecule has 19 heavy (non-hydrogen) atoms. The van der Waals surface area contributed by atoms with Crippen molar-refractivity contribution in [2.45, 2.75) is 44.9 Å². The molecule has 0 aliphatic carbocycles. The number of aryl methyl sites for hydroxylation is 1. The molecule has 0 aromatic carbocycles. The maximum Gasteiger partial charge on any atom is 0.411 e. The molecule has 110 valence electrons. The largest absolute Gasteiger partial charge is 0.411 e. The van der Waals surface area contributed by atoms with Crippen LogP contribution in [0.4, 0.5) is 13.2 Å². The van der Waals surface area contributed by atoms with Gasteiger partial charge in [0.05, 0.1) is 12.0 Å². The number of alkyl halides is 3. The van der Waals surface area contributed by atoms with Crippen LogP contribution in [0.5, 0.6) is 0 Å². The van der Waals surface area contributed by atoms with Crippen molar-refractivity contribution in [2.75, 3.05) is 13.2 Å². The van der Waals surface area contributed by atoms with E-state index in [9.17, 15) is 13.2 Å². The summed E-state index contributed by atoms with van der Waals surface area (Å²) in [5.74, 6) is 0. The minimum absolute atomic E-state index is 0.0848. The molecule has 1 aromatic rings. The Morgan fingerprint density at radius 3 is 2.84 bits per heavy atom. The van der Waals surface area contributed by atoms with Crippen molar-refractivity contribution >= 4 is 0 Å². The van der Waals surface area contributed by atoms with Crippen molar-refractivity contribution in [3.8, 4) is 0 Å². The lowest BCUT2D eigenvalue weighted by Crippen LogP contribution is -2.21. The van der Waals surface area contributed by atoms with Crippen molar-refractivity contribution in [2.24, 2.45) is 5.73 Å². The summed E-state index contributed by atoms with van der Waals surface area (Å²) >= 11 is 0. The van der Waals surface area contributed by atoms with Gasteiger partial charge in [-0.15, -0.1) is 0 Å². The molecule has 1 atom stereocenters. The lowest BCUT2D eigenvalue weighted by Gasteiger charge is -2.07. The molecule has 0 aliphatic rings. The number of nitrogens with two attached hydrogens (primary N) is 1. The standard InChI is InChI=1S/C12H20F3N3O/c1-2-10(16)6-11-7-18(9-17-11)4-3-5-19-8-12(13,14)15/h7,9-10H,2-6,8,16H2,1H3. The first-order valence-corrected chi connectivity index (χ1v) is 6.31. The molecule has 0 saturated carbocycles. The highest BCUT2D eigenvalue weighted by molar-refractivity contribution is 4.99. The minimum Gasteiger partial charge on any atom is -0.372 e. The Kier molecular flexibility index (Phi) is 6.30. The smallest absolute Gasteiger partial charge is 0.372 e. The lowest BCUT2D eigenvalue weighted by atomic mass is 10.1. The highest BCUT2D eigenvalue weighted by Gasteiger charge is 2.27. The number of ether oxygens (including phenoxy) is 1. The first-order valence-electron chi connectivity index (χ1n) is 6.31. The number of nitrogens with zero attached hydrogens (tertiary/aromatic N) is 2. The van der Waals surface area contributed by atoms with Crippen molar-refractivity contribution in [1.29, 1.82) is 0 Å². The van der Waals surface area contributed by atoms with Crippen molar-refractivity contribution < 1.29 is 17.9 Å². The van der Waals surface area contributed by atoms with Crippen LogP contribution < -0.4 is 5.73 Å². The van der Waals surface area contributed by atoms with E-state index < -0.39 is 12.8 Å². The van der Waals surface area contributed by atoms with Gasteiger partial charge in [0, 0.05) is 31.8 Å². The molecular formula is C12H20F3N3O. The van der Waals surface area contributed by atoms with Crippen molar-refractivity contribution in [1.82, 2.24) is 9.55 Å². The first-order chi connectivity index (χ1) is 8.90. The fourth-order valence-corrected chi connectivity index (χ4v) is 1.58. The summed E-state index contributed by atoms with van der Waals surface area (Å²) in [7, 11) is 0. The van der Waals surface area contributed by atoms with Gasteiger partial charge >= 0.3 is 6.18 Å². The number of hydrogen-bond acceptors (Lipinski definition) is 3. The van der Waals surface area contributed by atoms with E-state index in [-0.39, 0.29) is 12.6 Å². The van der Waals surface area contributed by atoms with Gasteiger partial charge in [-0.2, -0.15) is 13.2 Å². The molecule has 0 amide bonds. The molecule has 1 unspecified atom stereocenters. The van der Waals surface area contributed by atoms with Gasteiger partial charge in [0.15, 0.2) is 0 Å². The zero-order valence-electron chi connectivity index (χ0n) is 11.0. The predicted molar refractivity (Wildman–Crippen MR) is 65.7 cm³/mol. The van der Waals surface area contributed by atoms with E-state index >= 15 is 0 Å². The van der Waals surface area contributed by atoms with Gasteiger partial charge in [0.25, 0.3) is 0 Å². The van der Waals surface area contributed by atoms with Gasteiger partial charge in [-0.25, -0.2) is 4.98 Å². The third-order valence-electron chi connectivity index (χ3n) is 2.65. The number of aromatic nitrogens is 2. The molecule has 0 bridgehead atoms. The molecule has 7 heteroatoms. The van der Waals surface area contributed by atoms with Crippen LogP contribution in [0.1, 0.15) is 25.5 Å². The Morgan fingerprint density at radius 2 is 2.21 bits per heavy atom. The van der Waals surface area contributed by atoms with Crippen LogP contribution in [0.3, 0.4) is 0 Å². The Bertz CT molecular complexity index is 365. The molecule has 1 aromatic heterocycles. The zero-order valence-corrected chi connectivity index (χ0v) is 11.0. The van der Waals surface area contributed by atoms with Crippen LogP contribution in [0.15, 0.2) is 12.5 Å². The van der Waals surface area contributed by atoms with Crippen molar-refractivity contribution in [3.05, 3.63) is 18.2 Å². The molecule has 0 radical (unpaired) electrons. The second-order valence-corrected chi connectivity index (χ2v) is 4.50. The second-order valence-electron chi connectivity index (χ2n) is 4.50. The average molecular weight is 279 g/mol. The number of imidazole rings is 1. The maximum atomic E-state index is 11.8. The Morgan fingerprint density at radius 1 is 1.47 bits per heavy atom. The predicted octanol–water partition coefficient (Wildman–Crippen LogP) is 2.13. The van der Waals surface area contributed by atoms with Gasteiger partial charge in [-0.1, -0.05) is 6.92 Å². The van der Waals surface area contributed by atoms with E-state index in [0.29, 0.717) is 19.4 Å². The third-order valence-corrected chi connectivity index (χ3v) is 2.65. The molecular weight excluding hydrogens is 259 g/mol. The quantitative estimate of drug-likeness (QED) is 0.742. The Labute approximate surface area is 110 Å². The van der Waals surface area contributed by atoms with Crippen LogP contribution in [0.25, 0.3) is 0 Å². The molecule has 0 saturated heterocycles. The SMILES string of the molecule is CCC(N)Cc1cn(CCCOCC(F)(F)F)cn1. The lowest BCUT2D eigenvalue weighted by molar-refractivity contribution is -0.174. The van der Waals surface area contributed by atoms with E-state index in [1.165, 1.54) is 0 Å². The molecule has 1 rings (SSSR count). The third kappa shape index (κ3) is 7.17. The van der Waals surface area contributed by atoms with E-state index in [2.05, 4.69) is 9.72 Å². The Hall–Kier alpha value is -1.08. The summed E-state index contributed by atoms with van der Waals surface area (Å²) < 4.78 is 41.8. The molecule has 2 N–H and O–H groups in total. The molecule has 0 spiro atoms. The van der Waals surface area contributed by atoms with E-state index in [4.69, 9.17) is 5.73 Å². The molecule has 1 heterocycles. The van der Waals surface area contributed by atoms with E-state index in [0.717, 1.165) is 12.1 Å². The number of hydrogen-bond donors (Lipinski definition) is 1. The number of halogens is 3. The zero-order chi connectivity index (χ0) is 14.3. The van der Waals surface area contributed by atoms with Crippen LogP contribution in [-0.2, 0) is 17.7 Å². The van der Waals surface area contributed by atoms with Gasteiger partial charge < -0.3 is 15.0 Å². The molecule has 0 fully saturated rings. The summed E-state index contributed by atoms with van der Waals surface area (Å²) in [6, 6.07) is 0.0958. The van der Waals surface area contributed by atoms with E-state index in [1.807, 2.05) is 17.7 Å². The summed E-state index contributed by atoms with van der Waals surface area (Å²) in [5, 5.41) is 0. The van der Waals surface area contributed by atoms with Crippen molar-refractivity contribution in [3.63, 3.8) is 0 Å². The molecule has 4 nitrogen and oxygen atoms in total. The normalized spacial score (nSPS) is 13.7. The van der Waals surface area contributed by atoms with Gasteiger partial charge in [0.1, 0.15) is 6.61 Å². The Balaban J connectivity index is 2.20. The molecule has 0 aliphatic heterocycles. The van der Waals surface area contributed by atoms with Crippen LogP contribution in [0.2, 0.25) is 0 Å². The summed E-state index contributed by atoms with van der Waals surface area (Å²) in [6.07, 6.45) is 1.41. The minimum atomic E-state index is -4.25. The fraction of sp³-hybridized carbons (Fsp3) is 0.750. The van der Waals surface area contributed by atoms with Crippen LogP contribution >= 0.6 is 0 Å². The van der Waals surface area contributed by atoms with Gasteiger partial charge in [-0.05, 0) is 12.8 Å². The summed E-state index contributed by atoms with van der Waals surface area (Å²) in [6.45, 7) is 1.50. The fourth-order valence-electron chi connectivity index (χ4n) is 1.58. The van der Waals surface area contributed by atoms with Gasteiger partial charge in [0.2, 0.25) is 0 Å². The average Bonchev–Trinajstić information content (AvgIpc) is 2.74. The van der Waals surface area contributed by atoms with E-state index in [1.54, 1.807) is 6.33 Å². The monoisotopic (exact) mass is 279 g/mol. The van der Waals surface area contributed by atoms with Gasteiger partial charge in [-0.3, -0.25) is 0 Å². The highest BCUT2D eigenvalue weighted by atomic mass is 19.4. The number of rotatable bonds is 8.